The Hall–Kier alpha value is -2.81. The summed E-state index contributed by atoms with van der Waals surface area (Å²) in [5.74, 6) is -2.64. The average molecular weight is 479 g/mol. The van der Waals surface area contributed by atoms with Crippen molar-refractivity contribution in [2.45, 2.75) is 89.8 Å². The molecule has 9 heteroatoms. The van der Waals surface area contributed by atoms with E-state index in [4.69, 9.17) is 20.1 Å². The number of phenols is 2. The fraction of sp³-hybridized carbons (Fsp3) is 0.640. The molecule has 1 saturated carbocycles. The fourth-order valence-electron chi connectivity index (χ4n) is 5.94. The number of phenolic OH excluding ortho intramolecular Hbond substituents is 2. The molecule has 2 heterocycles. The van der Waals surface area contributed by atoms with E-state index in [2.05, 4.69) is 13.8 Å². The van der Waals surface area contributed by atoms with Gasteiger partial charge in [0.15, 0.2) is 17.6 Å². The lowest BCUT2D eigenvalue weighted by Crippen LogP contribution is -2.59. The van der Waals surface area contributed by atoms with Crippen LogP contribution in [0, 0.1) is 11.3 Å². The zero-order valence-corrected chi connectivity index (χ0v) is 20.0. The maximum atomic E-state index is 12.9. The normalized spacial score (nSPS) is 27.1. The third-order valence-electron chi connectivity index (χ3n) is 7.66. The van der Waals surface area contributed by atoms with Gasteiger partial charge in [-0.25, -0.2) is 4.79 Å². The van der Waals surface area contributed by atoms with Crippen LogP contribution in [-0.4, -0.2) is 49.5 Å². The first-order valence-electron chi connectivity index (χ1n) is 11.7. The van der Waals surface area contributed by atoms with Gasteiger partial charge in [0, 0.05) is 23.1 Å². The van der Waals surface area contributed by atoms with Crippen molar-refractivity contribution in [3.8, 4) is 11.5 Å². The van der Waals surface area contributed by atoms with E-state index in [1.54, 1.807) is 0 Å². The lowest BCUT2D eigenvalue weighted by atomic mass is 9.47. The zero-order chi connectivity index (χ0) is 25.6. The van der Waals surface area contributed by atoms with Gasteiger partial charge in [0.2, 0.25) is 0 Å². The van der Waals surface area contributed by atoms with Crippen LogP contribution < -0.4 is 0 Å². The van der Waals surface area contributed by atoms with E-state index in [1.807, 2.05) is 19.9 Å². The molecule has 1 spiro atoms. The lowest BCUT2D eigenvalue weighted by molar-refractivity contribution is -0.185. The van der Waals surface area contributed by atoms with Crippen LogP contribution in [-0.2, 0) is 24.5 Å². The van der Waals surface area contributed by atoms with Gasteiger partial charge in [0.05, 0.1) is 0 Å². The van der Waals surface area contributed by atoms with Crippen molar-refractivity contribution in [3.05, 3.63) is 22.8 Å². The van der Waals surface area contributed by atoms with Gasteiger partial charge < -0.3 is 30.3 Å². The van der Waals surface area contributed by atoms with E-state index >= 15 is 0 Å². The van der Waals surface area contributed by atoms with Crippen LogP contribution in [0.2, 0.25) is 0 Å². The van der Waals surface area contributed by atoms with Crippen molar-refractivity contribution in [3.63, 3.8) is 0 Å². The summed E-state index contributed by atoms with van der Waals surface area (Å²) < 4.78 is 5.76. The largest absolute Gasteiger partial charge is 0.504 e. The van der Waals surface area contributed by atoms with Crippen LogP contribution >= 0.6 is 0 Å². The number of carbonyl (C=O) groups is 3. The summed E-state index contributed by atoms with van der Waals surface area (Å²) in [5.41, 5.74) is 1.49. The minimum atomic E-state index is -1.56. The second-order valence-corrected chi connectivity index (χ2v) is 10.6. The Kier molecular flexibility index (Phi) is 6.90. The van der Waals surface area contributed by atoms with Crippen molar-refractivity contribution in [2.24, 2.45) is 11.3 Å². The molecule has 5 rings (SSSR count). The molecule has 0 amide bonds. The molecule has 34 heavy (non-hydrogen) atoms. The number of aliphatic hydroxyl groups is 1. The van der Waals surface area contributed by atoms with Gasteiger partial charge >= 0.3 is 17.9 Å². The van der Waals surface area contributed by atoms with E-state index < -0.39 is 23.5 Å². The monoisotopic (exact) mass is 478 g/mol. The molecule has 0 radical (unpaired) electrons. The van der Waals surface area contributed by atoms with Crippen molar-refractivity contribution in [2.75, 3.05) is 0 Å². The predicted octanol–water partition coefficient (Wildman–Crippen LogP) is 3.58. The molecule has 1 saturated heterocycles. The average Bonchev–Trinajstić information content (AvgIpc) is 2.74. The number of aliphatic carboxylic acids is 2. The highest BCUT2D eigenvalue weighted by Crippen LogP contribution is 2.66. The molecule has 2 bridgehead atoms. The second-order valence-electron chi connectivity index (χ2n) is 10.6. The molecule has 4 aliphatic rings. The number of carboxylic acid groups (broad SMARTS) is 2. The molecule has 1 unspecified atom stereocenters. The first-order chi connectivity index (χ1) is 15.7. The van der Waals surface area contributed by atoms with Crippen LogP contribution in [0.3, 0.4) is 0 Å². The van der Waals surface area contributed by atoms with E-state index in [0.717, 1.165) is 30.4 Å². The first-order valence-corrected chi connectivity index (χ1v) is 11.7. The van der Waals surface area contributed by atoms with Gasteiger partial charge in [-0.3, -0.25) is 9.59 Å². The van der Waals surface area contributed by atoms with Crippen molar-refractivity contribution in [1.82, 2.24) is 0 Å². The van der Waals surface area contributed by atoms with Gasteiger partial charge in [-0.05, 0) is 49.0 Å². The Labute approximate surface area is 198 Å². The van der Waals surface area contributed by atoms with Crippen LogP contribution in [0.4, 0.5) is 0 Å². The maximum Gasteiger partial charge on any atom is 0.332 e. The molecule has 0 aromatic heterocycles. The number of ether oxygens (including phenoxy) is 1. The summed E-state index contributed by atoms with van der Waals surface area (Å²) in [6, 6.07) is 1.95. The van der Waals surface area contributed by atoms with Crippen LogP contribution in [0.25, 0.3) is 0 Å². The quantitative estimate of drug-likeness (QED) is 0.314. The molecular formula is C25H34O9. The number of carboxylic acids is 2. The van der Waals surface area contributed by atoms with Crippen molar-refractivity contribution in [1.29, 1.82) is 0 Å². The van der Waals surface area contributed by atoms with Crippen LogP contribution in [0.15, 0.2) is 6.07 Å². The van der Waals surface area contributed by atoms with Gasteiger partial charge in [0.25, 0.3) is 0 Å². The Morgan fingerprint density at radius 1 is 1.15 bits per heavy atom. The molecular weight excluding hydrogens is 444 g/mol. The maximum absolute atomic E-state index is 12.9. The summed E-state index contributed by atoms with van der Waals surface area (Å²) in [6.07, 6.45) is 1.07. The molecule has 5 N–H and O–H groups in total. The van der Waals surface area contributed by atoms with Gasteiger partial charge in [-0.1, -0.05) is 34.1 Å². The first kappa shape index (κ1) is 25.8. The molecule has 1 aromatic rings. The highest BCUT2D eigenvalue weighted by Gasteiger charge is 2.65. The van der Waals surface area contributed by atoms with Gasteiger partial charge in [-0.15, -0.1) is 0 Å². The van der Waals surface area contributed by atoms with Crippen molar-refractivity contribution >= 4 is 17.9 Å². The summed E-state index contributed by atoms with van der Waals surface area (Å²) >= 11 is 0. The third kappa shape index (κ3) is 4.21. The summed E-state index contributed by atoms with van der Waals surface area (Å²) in [7, 11) is 0. The number of benzene rings is 1. The molecule has 2 aliphatic heterocycles. The zero-order valence-electron chi connectivity index (χ0n) is 20.0. The number of hydrogen-bond acceptors (Lipinski definition) is 7. The molecule has 188 valence electrons. The number of esters is 1. The Morgan fingerprint density at radius 3 is 2.35 bits per heavy atom. The minimum absolute atomic E-state index is 0.0202. The molecule has 1 aromatic carbocycles. The fourth-order valence-corrected chi connectivity index (χ4v) is 5.94. The topological polar surface area (TPSA) is 162 Å². The molecule has 4 atom stereocenters. The third-order valence-corrected chi connectivity index (χ3v) is 7.66. The van der Waals surface area contributed by atoms with Gasteiger partial charge in [0.1, 0.15) is 11.5 Å². The number of fused-ring (bicyclic) bond motifs is 1. The van der Waals surface area contributed by atoms with Gasteiger partial charge in [-0.2, -0.15) is 0 Å². The Morgan fingerprint density at radius 2 is 1.79 bits per heavy atom. The summed E-state index contributed by atoms with van der Waals surface area (Å²) in [5, 5.41) is 46.0. The Balaban J connectivity index is 0.000000277. The minimum Gasteiger partial charge on any atom is -0.504 e. The smallest absolute Gasteiger partial charge is 0.332 e. The van der Waals surface area contributed by atoms with Crippen LogP contribution in [0.5, 0.6) is 11.5 Å². The number of aromatic hydroxyl groups is 2. The van der Waals surface area contributed by atoms with E-state index in [-0.39, 0.29) is 53.7 Å². The van der Waals surface area contributed by atoms with E-state index in [0.29, 0.717) is 12.0 Å². The standard InChI is InChI=1S/C20H26O4.C5H8O5/c1-10(2)11-8-12-13-9-14-19(3,4)6-5-7-20(14,18(23)24-13)15(12)17(22)16(11)21;6-3(5(9)10)1-2-4(7)8/h8,10,13-14,21-22H,5-7,9H2,1-4H3;3,6H,1-2H2,(H,7,8)(H,9,10)/t13-,14-,20+;/m0./s1. The summed E-state index contributed by atoms with van der Waals surface area (Å²) in [4.78, 5) is 32.6. The predicted molar refractivity (Wildman–Crippen MR) is 121 cm³/mol. The number of hydrogen-bond donors (Lipinski definition) is 5. The molecule has 2 fully saturated rings. The molecule has 2 aliphatic carbocycles. The van der Waals surface area contributed by atoms with Crippen molar-refractivity contribution < 1.29 is 44.7 Å². The summed E-state index contributed by atoms with van der Waals surface area (Å²) in [6.45, 7) is 8.40. The van der Waals surface area contributed by atoms with E-state index in [9.17, 15) is 24.6 Å². The number of carbonyl (C=O) groups excluding carboxylic acids is 1. The highest BCUT2D eigenvalue weighted by atomic mass is 16.5. The lowest BCUT2D eigenvalue weighted by Gasteiger charge is -2.58. The number of rotatable bonds is 5. The second kappa shape index (κ2) is 9.09. The van der Waals surface area contributed by atoms with E-state index in [1.165, 1.54) is 0 Å². The number of aliphatic hydroxyl groups excluding tert-OH is 1. The molecule has 9 nitrogen and oxygen atoms in total. The SMILES string of the molecule is CC(C)c1cc2c(c(O)c1O)[C@@]13CCCC(C)(C)[C@@H]1C[C@@H]2OC3=O.O=C(O)CCC(O)C(=O)O. The van der Waals surface area contributed by atoms with Crippen LogP contribution in [0.1, 0.15) is 94.9 Å². The Bertz CT molecular complexity index is 997. The highest BCUT2D eigenvalue weighted by molar-refractivity contribution is 5.89.